The third kappa shape index (κ3) is 2.31. The zero-order valence-electron chi connectivity index (χ0n) is 9.77. The number of aryl methyl sites for hydroxylation is 2. The quantitative estimate of drug-likeness (QED) is 0.881. The molecule has 0 fully saturated rings. The van der Waals surface area contributed by atoms with Crippen LogP contribution < -0.4 is 5.32 Å². The zero-order valence-corrected chi connectivity index (χ0v) is 10.6. The van der Waals surface area contributed by atoms with Crippen molar-refractivity contribution in [1.82, 2.24) is 20.1 Å². The lowest BCUT2D eigenvalue weighted by atomic mass is 10.2. The average Bonchev–Trinajstić information content (AvgIpc) is 2.84. The van der Waals surface area contributed by atoms with Crippen LogP contribution in [-0.2, 0) is 7.05 Å². The molecule has 5 heteroatoms. The number of hydrogen-bond acceptors (Lipinski definition) is 4. The second kappa shape index (κ2) is 4.76. The van der Waals surface area contributed by atoms with Crippen LogP contribution in [0.1, 0.15) is 28.5 Å². The lowest BCUT2D eigenvalue weighted by Gasteiger charge is -2.12. The van der Waals surface area contributed by atoms with Gasteiger partial charge in [-0.05, 0) is 19.5 Å². The first-order valence-corrected chi connectivity index (χ1v) is 6.17. The molecule has 0 aromatic carbocycles. The van der Waals surface area contributed by atoms with Gasteiger partial charge in [-0.2, -0.15) is 5.10 Å². The van der Waals surface area contributed by atoms with Crippen LogP contribution in [0.15, 0.2) is 18.5 Å². The van der Waals surface area contributed by atoms with Gasteiger partial charge in [-0.25, -0.2) is 4.98 Å². The Hall–Kier alpha value is -1.20. The number of rotatable bonds is 4. The first kappa shape index (κ1) is 11.3. The van der Waals surface area contributed by atoms with E-state index in [1.54, 1.807) is 11.3 Å². The summed E-state index contributed by atoms with van der Waals surface area (Å²) in [4.78, 5) is 5.52. The molecule has 16 heavy (non-hydrogen) atoms. The van der Waals surface area contributed by atoms with E-state index in [-0.39, 0.29) is 6.04 Å². The molecule has 2 aromatic heterocycles. The van der Waals surface area contributed by atoms with Crippen LogP contribution in [0.2, 0.25) is 0 Å². The highest BCUT2D eigenvalue weighted by Gasteiger charge is 2.17. The Bertz CT molecular complexity index is 420. The maximum Gasteiger partial charge on any atom is 0.0897 e. The molecule has 0 saturated heterocycles. The van der Waals surface area contributed by atoms with Crippen molar-refractivity contribution in [3.63, 3.8) is 0 Å². The molecule has 0 aliphatic rings. The summed E-state index contributed by atoms with van der Waals surface area (Å²) in [6.45, 7) is 5.04. The number of nitrogens with zero attached hydrogens (tertiary/aromatic N) is 3. The topological polar surface area (TPSA) is 42.7 Å². The largest absolute Gasteiger partial charge is 0.304 e. The third-order valence-electron chi connectivity index (χ3n) is 2.36. The molecular formula is C11H16N4S. The highest BCUT2D eigenvalue weighted by atomic mass is 32.1. The van der Waals surface area contributed by atoms with Gasteiger partial charge in [-0.15, -0.1) is 11.3 Å². The smallest absolute Gasteiger partial charge is 0.0897 e. The van der Waals surface area contributed by atoms with Crippen LogP contribution in [-0.4, -0.2) is 21.3 Å². The Morgan fingerprint density at radius 2 is 2.38 bits per heavy atom. The van der Waals surface area contributed by atoms with Gasteiger partial charge in [0, 0.05) is 24.3 Å². The molecule has 86 valence electrons. The minimum absolute atomic E-state index is 0.164. The van der Waals surface area contributed by atoms with Crippen LogP contribution in [0.4, 0.5) is 0 Å². The molecule has 0 bridgehead atoms. The van der Waals surface area contributed by atoms with Gasteiger partial charge < -0.3 is 5.32 Å². The highest BCUT2D eigenvalue weighted by Crippen LogP contribution is 2.25. The molecule has 0 aliphatic heterocycles. The first-order chi connectivity index (χ1) is 7.70. The van der Waals surface area contributed by atoms with Crippen molar-refractivity contribution in [3.8, 4) is 0 Å². The molecule has 0 saturated carbocycles. The van der Waals surface area contributed by atoms with E-state index in [9.17, 15) is 0 Å². The van der Waals surface area contributed by atoms with Crippen molar-refractivity contribution in [2.24, 2.45) is 7.05 Å². The van der Waals surface area contributed by atoms with Gasteiger partial charge >= 0.3 is 0 Å². The fourth-order valence-electron chi connectivity index (χ4n) is 1.65. The predicted molar refractivity (Wildman–Crippen MR) is 65.6 cm³/mol. The van der Waals surface area contributed by atoms with Crippen molar-refractivity contribution < 1.29 is 0 Å². The van der Waals surface area contributed by atoms with E-state index < -0.39 is 0 Å². The van der Waals surface area contributed by atoms with E-state index in [1.807, 2.05) is 37.1 Å². The summed E-state index contributed by atoms with van der Waals surface area (Å²) < 4.78 is 1.83. The van der Waals surface area contributed by atoms with Crippen molar-refractivity contribution in [3.05, 3.63) is 34.0 Å². The van der Waals surface area contributed by atoms with Gasteiger partial charge in [-0.1, -0.05) is 6.92 Å². The molecule has 0 radical (unpaired) electrons. The number of nitrogens with one attached hydrogen (secondary N) is 1. The molecule has 2 aromatic rings. The average molecular weight is 236 g/mol. The Kier molecular flexibility index (Phi) is 3.36. The number of hydrogen-bond donors (Lipinski definition) is 1. The standard InChI is InChI=1S/C11H16N4S/c1-4-12-11(9-5-6-15(3)14-9)10-7-13-8(2)16-10/h5-7,11-12H,4H2,1-3H3. The van der Waals surface area contributed by atoms with Crippen molar-refractivity contribution in [2.75, 3.05) is 6.54 Å². The summed E-state index contributed by atoms with van der Waals surface area (Å²) in [6, 6.07) is 2.21. The molecule has 0 spiro atoms. The predicted octanol–water partition coefficient (Wildman–Crippen LogP) is 1.88. The molecule has 1 unspecified atom stereocenters. The highest BCUT2D eigenvalue weighted by molar-refractivity contribution is 7.11. The Morgan fingerprint density at radius 3 is 2.88 bits per heavy atom. The number of aromatic nitrogens is 3. The van der Waals surface area contributed by atoms with Crippen LogP contribution in [0.5, 0.6) is 0 Å². The normalized spacial score (nSPS) is 12.9. The monoisotopic (exact) mass is 236 g/mol. The van der Waals surface area contributed by atoms with Crippen LogP contribution in [0.3, 0.4) is 0 Å². The maximum atomic E-state index is 4.45. The van der Waals surface area contributed by atoms with E-state index in [0.717, 1.165) is 17.2 Å². The van der Waals surface area contributed by atoms with Crippen LogP contribution in [0.25, 0.3) is 0 Å². The van der Waals surface area contributed by atoms with Gasteiger partial charge in [0.2, 0.25) is 0 Å². The maximum absolute atomic E-state index is 4.45. The summed E-state index contributed by atoms with van der Waals surface area (Å²) in [5.74, 6) is 0. The van der Waals surface area contributed by atoms with Gasteiger partial charge in [0.25, 0.3) is 0 Å². The van der Waals surface area contributed by atoms with Crippen molar-refractivity contribution in [2.45, 2.75) is 19.9 Å². The molecule has 0 aliphatic carbocycles. The molecular weight excluding hydrogens is 220 g/mol. The minimum Gasteiger partial charge on any atom is -0.304 e. The molecule has 1 atom stereocenters. The van der Waals surface area contributed by atoms with Crippen molar-refractivity contribution in [1.29, 1.82) is 0 Å². The fourth-order valence-corrected chi connectivity index (χ4v) is 2.53. The summed E-state index contributed by atoms with van der Waals surface area (Å²) in [7, 11) is 1.93. The van der Waals surface area contributed by atoms with E-state index >= 15 is 0 Å². The van der Waals surface area contributed by atoms with E-state index in [2.05, 4.69) is 22.3 Å². The molecule has 0 amide bonds. The molecule has 2 heterocycles. The second-order valence-electron chi connectivity index (χ2n) is 3.69. The Morgan fingerprint density at radius 1 is 1.56 bits per heavy atom. The minimum atomic E-state index is 0.164. The molecule has 4 nitrogen and oxygen atoms in total. The SMILES string of the molecule is CCNC(c1ccn(C)n1)c1cnc(C)s1. The van der Waals surface area contributed by atoms with Crippen LogP contribution in [0, 0.1) is 6.92 Å². The lowest BCUT2D eigenvalue weighted by molar-refractivity contribution is 0.606. The van der Waals surface area contributed by atoms with Gasteiger partial charge in [0.15, 0.2) is 0 Å². The first-order valence-electron chi connectivity index (χ1n) is 5.36. The summed E-state index contributed by atoms with van der Waals surface area (Å²) in [6.07, 6.45) is 3.90. The summed E-state index contributed by atoms with van der Waals surface area (Å²) in [5.41, 5.74) is 1.05. The Balaban J connectivity index is 2.30. The second-order valence-corrected chi connectivity index (χ2v) is 4.95. The van der Waals surface area contributed by atoms with Crippen LogP contribution >= 0.6 is 11.3 Å². The van der Waals surface area contributed by atoms with E-state index in [1.165, 1.54) is 4.88 Å². The van der Waals surface area contributed by atoms with Crippen molar-refractivity contribution >= 4 is 11.3 Å². The lowest BCUT2D eigenvalue weighted by Crippen LogP contribution is -2.21. The van der Waals surface area contributed by atoms with Gasteiger partial charge in [-0.3, -0.25) is 4.68 Å². The fraction of sp³-hybridized carbons (Fsp3) is 0.455. The molecule has 2 rings (SSSR count). The third-order valence-corrected chi connectivity index (χ3v) is 3.34. The zero-order chi connectivity index (χ0) is 11.5. The summed E-state index contributed by atoms with van der Waals surface area (Å²) >= 11 is 1.72. The van der Waals surface area contributed by atoms with Gasteiger partial charge in [0.1, 0.15) is 0 Å². The van der Waals surface area contributed by atoms with E-state index in [0.29, 0.717) is 0 Å². The van der Waals surface area contributed by atoms with E-state index in [4.69, 9.17) is 0 Å². The number of thiazole rings is 1. The van der Waals surface area contributed by atoms with Gasteiger partial charge in [0.05, 0.1) is 16.7 Å². The Labute approximate surface area is 99.3 Å². The summed E-state index contributed by atoms with van der Waals surface area (Å²) in [5, 5.41) is 8.98. The molecule has 1 N–H and O–H groups in total.